The molecule has 0 aliphatic rings. The highest BCUT2D eigenvalue weighted by atomic mass is 35.5. The van der Waals surface area contributed by atoms with Crippen molar-refractivity contribution in [3.63, 3.8) is 0 Å². The lowest BCUT2D eigenvalue weighted by atomic mass is 10.3. The third kappa shape index (κ3) is 6.95. The number of aliphatic hydroxyl groups is 1. The first kappa shape index (κ1) is 22.5. The first-order chi connectivity index (χ1) is 13.8. The molecule has 2 rings (SSSR count). The zero-order chi connectivity index (χ0) is 21.4. The summed E-state index contributed by atoms with van der Waals surface area (Å²) in [5, 5.41) is 24.7. The summed E-state index contributed by atoms with van der Waals surface area (Å²) in [6.45, 7) is 3.43. The number of aromatic nitrogens is 1. The number of aryl methyl sites for hydroxylation is 1. The van der Waals surface area contributed by atoms with Gasteiger partial charge in [0.1, 0.15) is 18.5 Å². The number of non-ortho nitro benzene ring substituents is 1. The second kappa shape index (κ2) is 10.7. The van der Waals surface area contributed by atoms with E-state index in [4.69, 9.17) is 16.3 Å². The number of hydrogen-bond donors (Lipinski definition) is 2. The van der Waals surface area contributed by atoms with Crippen LogP contribution >= 0.6 is 11.6 Å². The Hall–Kier alpha value is -2.78. The average molecular weight is 424 g/mol. The molecule has 2 N–H and O–H groups in total. The topological polar surface area (TPSA) is 105 Å². The smallest absolute Gasteiger partial charge is 0.269 e. The lowest BCUT2D eigenvalue weighted by molar-refractivity contribution is -0.384. The van der Waals surface area contributed by atoms with E-state index in [0.29, 0.717) is 29.8 Å². The fourth-order valence-electron chi connectivity index (χ4n) is 2.61. The van der Waals surface area contributed by atoms with Crippen LogP contribution < -0.4 is 10.1 Å². The van der Waals surface area contributed by atoms with E-state index in [1.54, 1.807) is 0 Å². The molecule has 0 amide bonds. The van der Waals surface area contributed by atoms with Gasteiger partial charge in [0.05, 0.1) is 23.0 Å². The number of aliphatic hydroxyl groups excluding tert-OH is 1. The summed E-state index contributed by atoms with van der Waals surface area (Å²) in [5.41, 5.74) is 1.02. The van der Waals surface area contributed by atoms with E-state index in [9.17, 15) is 15.2 Å². The van der Waals surface area contributed by atoms with Gasteiger partial charge in [-0.15, -0.1) is 0 Å². The Balaban J connectivity index is 1.90. The minimum Gasteiger partial charge on any atom is -0.491 e. The van der Waals surface area contributed by atoms with Gasteiger partial charge in [-0.3, -0.25) is 15.1 Å². The number of aliphatic imine (C=N–C) groups is 1. The number of ether oxygens (including phenoxy) is 1. The first-order valence-corrected chi connectivity index (χ1v) is 9.53. The maximum absolute atomic E-state index is 10.7. The van der Waals surface area contributed by atoms with Crippen LogP contribution in [0.1, 0.15) is 12.6 Å². The van der Waals surface area contributed by atoms with Crippen LogP contribution in [0.3, 0.4) is 0 Å². The first-order valence-electron chi connectivity index (χ1n) is 9.15. The Morgan fingerprint density at radius 2 is 2.14 bits per heavy atom. The molecule has 1 aromatic heterocycles. The Labute approximate surface area is 174 Å². The quantitative estimate of drug-likeness (QED) is 0.278. The van der Waals surface area contributed by atoms with E-state index in [1.807, 2.05) is 42.7 Å². The van der Waals surface area contributed by atoms with Gasteiger partial charge in [-0.05, 0) is 25.1 Å². The van der Waals surface area contributed by atoms with Gasteiger partial charge in [0.2, 0.25) is 0 Å². The van der Waals surface area contributed by atoms with Gasteiger partial charge >= 0.3 is 0 Å². The van der Waals surface area contributed by atoms with Crippen molar-refractivity contribution in [3.05, 3.63) is 57.4 Å². The van der Waals surface area contributed by atoms with Gasteiger partial charge in [0.15, 0.2) is 5.96 Å². The molecule has 1 aromatic carbocycles. The molecule has 1 heterocycles. The van der Waals surface area contributed by atoms with Gasteiger partial charge in [0.25, 0.3) is 5.69 Å². The lowest BCUT2D eigenvalue weighted by Gasteiger charge is -2.23. The van der Waals surface area contributed by atoms with Gasteiger partial charge in [-0.1, -0.05) is 11.6 Å². The number of halogens is 1. The maximum atomic E-state index is 10.7. The molecule has 0 saturated heterocycles. The standard InChI is InChI=1S/C19H26ClN5O4/c1-4-21-19(24(3)12-16-9-14(20)11-23(16)2)22-10-17(26)13-29-18-7-5-15(6-8-18)25(27)28/h5-9,11,17,26H,4,10,12-13H2,1-3H3,(H,21,22). The van der Waals surface area contributed by atoms with Crippen molar-refractivity contribution >= 4 is 23.2 Å². The van der Waals surface area contributed by atoms with Crippen molar-refractivity contribution in [1.82, 2.24) is 14.8 Å². The Kier molecular flexibility index (Phi) is 8.29. The van der Waals surface area contributed by atoms with Crippen LogP contribution in [0.15, 0.2) is 41.5 Å². The highest BCUT2D eigenvalue weighted by molar-refractivity contribution is 6.30. The molecule has 1 atom stereocenters. The highest BCUT2D eigenvalue weighted by Gasteiger charge is 2.12. The summed E-state index contributed by atoms with van der Waals surface area (Å²) in [4.78, 5) is 16.6. The van der Waals surface area contributed by atoms with Gasteiger partial charge in [-0.2, -0.15) is 0 Å². The normalized spacial score (nSPS) is 12.5. The SMILES string of the molecule is CCNC(=NCC(O)COc1ccc([N+](=O)[O-])cc1)N(C)Cc1cc(Cl)cn1C. The third-order valence-corrected chi connectivity index (χ3v) is 4.32. The number of nitro groups is 1. The van der Waals surface area contributed by atoms with Crippen molar-refractivity contribution in [3.8, 4) is 5.75 Å². The Bertz CT molecular complexity index is 838. The van der Waals surface area contributed by atoms with E-state index in [2.05, 4.69) is 10.3 Å². The lowest BCUT2D eigenvalue weighted by Crippen LogP contribution is -2.39. The summed E-state index contributed by atoms with van der Waals surface area (Å²) >= 11 is 6.04. The van der Waals surface area contributed by atoms with Crippen LogP contribution in [0.4, 0.5) is 5.69 Å². The van der Waals surface area contributed by atoms with E-state index in [1.165, 1.54) is 24.3 Å². The monoisotopic (exact) mass is 423 g/mol. The van der Waals surface area contributed by atoms with E-state index < -0.39 is 11.0 Å². The number of nitrogens with one attached hydrogen (secondary N) is 1. The molecule has 0 aliphatic heterocycles. The predicted octanol–water partition coefficient (Wildman–Crippen LogP) is 2.42. The molecule has 0 saturated carbocycles. The van der Waals surface area contributed by atoms with Gasteiger partial charge in [-0.25, -0.2) is 0 Å². The van der Waals surface area contributed by atoms with Gasteiger partial charge in [0, 0.05) is 44.7 Å². The third-order valence-electron chi connectivity index (χ3n) is 4.11. The van der Waals surface area contributed by atoms with E-state index >= 15 is 0 Å². The molecule has 0 fully saturated rings. The number of benzene rings is 1. The van der Waals surface area contributed by atoms with Crippen molar-refractivity contribution in [2.75, 3.05) is 26.7 Å². The fraction of sp³-hybridized carbons (Fsp3) is 0.421. The van der Waals surface area contributed by atoms with E-state index in [0.717, 1.165) is 5.69 Å². The van der Waals surface area contributed by atoms with Crippen LogP contribution in [0.25, 0.3) is 0 Å². The number of nitro benzene ring substituents is 1. The summed E-state index contributed by atoms with van der Waals surface area (Å²) < 4.78 is 7.43. The Morgan fingerprint density at radius 1 is 1.45 bits per heavy atom. The molecule has 0 aliphatic carbocycles. The highest BCUT2D eigenvalue weighted by Crippen LogP contribution is 2.17. The van der Waals surface area contributed by atoms with Crippen molar-refractivity contribution in [2.24, 2.45) is 12.0 Å². The molecule has 29 heavy (non-hydrogen) atoms. The number of guanidine groups is 1. The van der Waals surface area contributed by atoms with Crippen LogP contribution in [0.2, 0.25) is 5.02 Å². The number of rotatable bonds is 9. The van der Waals surface area contributed by atoms with E-state index in [-0.39, 0.29) is 18.8 Å². The van der Waals surface area contributed by atoms with Crippen LogP contribution in [0.5, 0.6) is 5.75 Å². The zero-order valence-electron chi connectivity index (χ0n) is 16.7. The van der Waals surface area contributed by atoms with Crippen LogP contribution in [0, 0.1) is 10.1 Å². The van der Waals surface area contributed by atoms with Crippen molar-refractivity contribution in [1.29, 1.82) is 0 Å². The zero-order valence-corrected chi connectivity index (χ0v) is 17.5. The van der Waals surface area contributed by atoms with Crippen LogP contribution in [-0.2, 0) is 13.6 Å². The second-order valence-corrected chi connectivity index (χ2v) is 6.96. The number of hydrogen-bond acceptors (Lipinski definition) is 5. The fourth-order valence-corrected chi connectivity index (χ4v) is 2.88. The molecule has 9 nitrogen and oxygen atoms in total. The minimum absolute atomic E-state index is 0.0136. The molecule has 0 radical (unpaired) electrons. The second-order valence-electron chi connectivity index (χ2n) is 6.53. The number of nitrogens with zero attached hydrogens (tertiary/aromatic N) is 4. The summed E-state index contributed by atoms with van der Waals surface area (Å²) in [6.07, 6.45) is 1.02. The largest absolute Gasteiger partial charge is 0.491 e. The minimum atomic E-state index is -0.822. The van der Waals surface area contributed by atoms with Gasteiger partial charge < -0.3 is 24.6 Å². The maximum Gasteiger partial charge on any atom is 0.269 e. The molecular formula is C19H26ClN5O4. The van der Waals surface area contributed by atoms with Crippen molar-refractivity contribution < 1.29 is 14.8 Å². The molecule has 10 heteroatoms. The Morgan fingerprint density at radius 3 is 2.69 bits per heavy atom. The average Bonchev–Trinajstić information content (AvgIpc) is 3.00. The summed E-state index contributed by atoms with van der Waals surface area (Å²) in [6, 6.07) is 7.60. The predicted molar refractivity (Wildman–Crippen MR) is 112 cm³/mol. The summed E-state index contributed by atoms with van der Waals surface area (Å²) in [7, 11) is 3.83. The molecular weight excluding hydrogens is 398 g/mol. The molecule has 0 bridgehead atoms. The summed E-state index contributed by atoms with van der Waals surface area (Å²) in [5.74, 6) is 1.10. The van der Waals surface area contributed by atoms with Crippen molar-refractivity contribution in [2.45, 2.75) is 19.6 Å². The molecule has 0 spiro atoms. The molecule has 158 valence electrons. The molecule has 2 aromatic rings. The molecule has 1 unspecified atom stereocenters. The van der Waals surface area contributed by atoms with Crippen LogP contribution in [-0.4, -0.2) is 58.3 Å².